The molecule has 0 saturated carbocycles. The van der Waals surface area contributed by atoms with E-state index in [1.54, 1.807) is 0 Å². The normalized spacial score (nSPS) is 20.1. The van der Waals surface area contributed by atoms with Crippen molar-refractivity contribution in [3.8, 4) is 0 Å². The summed E-state index contributed by atoms with van der Waals surface area (Å²) in [5.74, 6) is 1.04. The first-order valence-corrected chi connectivity index (χ1v) is 5.68. The summed E-state index contributed by atoms with van der Waals surface area (Å²) in [5, 5.41) is 0. The molecule has 2 heterocycles. The van der Waals surface area contributed by atoms with Gasteiger partial charge in [0.25, 0.3) is 0 Å². The number of furan rings is 1. The topological polar surface area (TPSA) is 19.6 Å². The van der Waals surface area contributed by atoms with Crippen molar-refractivity contribution in [2.45, 2.75) is 6.54 Å². The maximum Gasteiger partial charge on any atom is 0.169 e. The van der Waals surface area contributed by atoms with Gasteiger partial charge in [-0.05, 0) is 35.1 Å². The van der Waals surface area contributed by atoms with Crippen LogP contribution in [-0.2, 0) is 6.54 Å². The Bertz CT molecular complexity index is 292. The molecule has 0 radical (unpaired) electrons. The molecule has 1 aromatic heterocycles. The van der Waals surface area contributed by atoms with Crippen LogP contribution in [0.5, 0.6) is 0 Å². The Kier molecular flexibility index (Phi) is 3.26. The average molecular weight is 259 g/mol. The zero-order chi connectivity index (χ0) is 9.97. The standard InChI is InChI=1S/C10H15BrN2O/c1-12-4-6-13(7-5-12)8-9-2-3-10(11)14-9/h2-3H,4-8H2,1H3. The summed E-state index contributed by atoms with van der Waals surface area (Å²) < 4.78 is 6.30. The molecule has 14 heavy (non-hydrogen) atoms. The summed E-state index contributed by atoms with van der Waals surface area (Å²) in [6, 6.07) is 3.98. The fourth-order valence-corrected chi connectivity index (χ4v) is 2.00. The highest BCUT2D eigenvalue weighted by molar-refractivity contribution is 9.10. The quantitative estimate of drug-likeness (QED) is 0.807. The highest BCUT2D eigenvalue weighted by Crippen LogP contribution is 2.16. The van der Waals surface area contributed by atoms with Crippen LogP contribution in [0.2, 0.25) is 0 Å². The van der Waals surface area contributed by atoms with Gasteiger partial charge in [0.05, 0.1) is 6.54 Å². The van der Waals surface area contributed by atoms with Crippen LogP contribution in [0.4, 0.5) is 0 Å². The molecule has 1 aliphatic rings. The first-order chi connectivity index (χ1) is 6.74. The van der Waals surface area contributed by atoms with Crippen molar-refractivity contribution in [1.82, 2.24) is 9.80 Å². The van der Waals surface area contributed by atoms with Crippen molar-refractivity contribution in [3.63, 3.8) is 0 Å². The van der Waals surface area contributed by atoms with Crippen LogP contribution in [0.3, 0.4) is 0 Å². The van der Waals surface area contributed by atoms with Crippen molar-refractivity contribution >= 4 is 15.9 Å². The van der Waals surface area contributed by atoms with Crippen LogP contribution in [-0.4, -0.2) is 43.0 Å². The van der Waals surface area contributed by atoms with E-state index in [-0.39, 0.29) is 0 Å². The summed E-state index contributed by atoms with van der Waals surface area (Å²) in [6.45, 7) is 5.51. The van der Waals surface area contributed by atoms with Crippen molar-refractivity contribution < 1.29 is 4.42 Å². The number of piperazine rings is 1. The molecule has 1 saturated heterocycles. The van der Waals surface area contributed by atoms with Gasteiger partial charge in [0.15, 0.2) is 4.67 Å². The van der Waals surface area contributed by atoms with E-state index < -0.39 is 0 Å². The van der Waals surface area contributed by atoms with Gasteiger partial charge in [0.2, 0.25) is 0 Å². The molecule has 0 aliphatic carbocycles. The van der Waals surface area contributed by atoms with Crippen LogP contribution in [0, 0.1) is 0 Å². The minimum absolute atomic E-state index is 0.821. The van der Waals surface area contributed by atoms with Crippen molar-refractivity contribution in [2.75, 3.05) is 33.2 Å². The predicted octanol–water partition coefficient (Wildman–Crippen LogP) is 1.79. The molecule has 78 valence electrons. The number of nitrogens with zero attached hydrogens (tertiary/aromatic N) is 2. The molecule has 1 fully saturated rings. The van der Waals surface area contributed by atoms with E-state index in [1.807, 2.05) is 12.1 Å². The predicted molar refractivity (Wildman–Crippen MR) is 59.2 cm³/mol. The van der Waals surface area contributed by atoms with Crippen molar-refractivity contribution in [2.24, 2.45) is 0 Å². The molecule has 4 heteroatoms. The van der Waals surface area contributed by atoms with Gasteiger partial charge in [-0.15, -0.1) is 0 Å². The van der Waals surface area contributed by atoms with E-state index in [9.17, 15) is 0 Å². The SMILES string of the molecule is CN1CCN(Cc2ccc(Br)o2)CC1. The van der Waals surface area contributed by atoms with Crippen LogP contribution < -0.4 is 0 Å². The minimum atomic E-state index is 0.821. The smallest absolute Gasteiger partial charge is 0.169 e. The Morgan fingerprint density at radius 1 is 1.29 bits per heavy atom. The lowest BCUT2D eigenvalue weighted by molar-refractivity contribution is 0.140. The van der Waals surface area contributed by atoms with Gasteiger partial charge in [0.1, 0.15) is 5.76 Å². The van der Waals surface area contributed by atoms with Gasteiger partial charge in [-0.1, -0.05) is 0 Å². The van der Waals surface area contributed by atoms with E-state index in [2.05, 4.69) is 32.8 Å². The second kappa shape index (κ2) is 4.47. The second-order valence-electron chi connectivity index (χ2n) is 3.79. The Balaban J connectivity index is 1.86. The minimum Gasteiger partial charge on any atom is -0.453 e. The molecule has 3 nitrogen and oxygen atoms in total. The van der Waals surface area contributed by atoms with Crippen molar-refractivity contribution in [3.05, 3.63) is 22.6 Å². The van der Waals surface area contributed by atoms with Crippen LogP contribution in [0.1, 0.15) is 5.76 Å². The zero-order valence-corrected chi connectivity index (χ0v) is 9.96. The summed E-state index contributed by atoms with van der Waals surface area (Å²) in [6.07, 6.45) is 0. The highest BCUT2D eigenvalue weighted by atomic mass is 79.9. The maximum absolute atomic E-state index is 5.47. The third kappa shape index (κ3) is 2.59. The maximum atomic E-state index is 5.47. The molecular weight excluding hydrogens is 244 g/mol. The molecule has 0 aromatic carbocycles. The Morgan fingerprint density at radius 2 is 2.00 bits per heavy atom. The summed E-state index contributed by atoms with van der Waals surface area (Å²) in [7, 11) is 2.17. The molecule has 0 amide bonds. The third-order valence-corrected chi connectivity index (χ3v) is 3.03. The van der Waals surface area contributed by atoms with E-state index in [0.29, 0.717) is 0 Å². The lowest BCUT2D eigenvalue weighted by Gasteiger charge is -2.31. The van der Waals surface area contributed by atoms with Crippen LogP contribution >= 0.6 is 15.9 Å². The first kappa shape index (κ1) is 10.2. The number of rotatable bonds is 2. The molecule has 2 rings (SSSR count). The summed E-state index contributed by atoms with van der Waals surface area (Å²) >= 11 is 3.31. The number of hydrogen-bond donors (Lipinski definition) is 0. The zero-order valence-electron chi connectivity index (χ0n) is 8.37. The third-order valence-electron chi connectivity index (χ3n) is 2.60. The van der Waals surface area contributed by atoms with Gasteiger partial charge in [-0.2, -0.15) is 0 Å². The van der Waals surface area contributed by atoms with Gasteiger partial charge >= 0.3 is 0 Å². The molecule has 0 N–H and O–H groups in total. The number of halogens is 1. The number of hydrogen-bond acceptors (Lipinski definition) is 3. The van der Waals surface area contributed by atoms with Gasteiger partial charge in [-0.25, -0.2) is 0 Å². The number of likely N-dealkylation sites (N-methyl/N-ethyl adjacent to an activating group) is 1. The van der Waals surface area contributed by atoms with Gasteiger partial charge in [0, 0.05) is 26.2 Å². The lowest BCUT2D eigenvalue weighted by atomic mass is 10.3. The lowest BCUT2D eigenvalue weighted by Crippen LogP contribution is -2.43. The largest absolute Gasteiger partial charge is 0.453 e. The fourth-order valence-electron chi connectivity index (χ4n) is 1.66. The van der Waals surface area contributed by atoms with E-state index in [1.165, 1.54) is 0 Å². The highest BCUT2D eigenvalue weighted by Gasteiger charge is 2.14. The second-order valence-corrected chi connectivity index (χ2v) is 4.57. The molecule has 0 atom stereocenters. The first-order valence-electron chi connectivity index (χ1n) is 4.89. The van der Waals surface area contributed by atoms with Gasteiger partial charge in [-0.3, -0.25) is 4.90 Å². The monoisotopic (exact) mass is 258 g/mol. The fraction of sp³-hybridized carbons (Fsp3) is 0.600. The van der Waals surface area contributed by atoms with Crippen molar-refractivity contribution in [1.29, 1.82) is 0 Å². The molecule has 0 unspecified atom stereocenters. The van der Waals surface area contributed by atoms with Gasteiger partial charge < -0.3 is 9.32 Å². The molecule has 1 aliphatic heterocycles. The molecule has 0 bridgehead atoms. The average Bonchev–Trinajstić information content (AvgIpc) is 2.56. The summed E-state index contributed by atoms with van der Waals surface area (Å²) in [5.41, 5.74) is 0. The van der Waals surface area contributed by atoms with Crippen LogP contribution in [0.25, 0.3) is 0 Å². The molecular formula is C10H15BrN2O. The Morgan fingerprint density at radius 3 is 2.57 bits per heavy atom. The molecule has 0 spiro atoms. The van der Waals surface area contributed by atoms with E-state index in [0.717, 1.165) is 43.2 Å². The summed E-state index contributed by atoms with van der Waals surface area (Å²) in [4.78, 5) is 4.78. The molecule has 1 aromatic rings. The van der Waals surface area contributed by atoms with Crippen LogP contribution in [0.15, 0.2) is 21.2 Å². The van der Waals surface area contributed by atoms with E-state index in [4.69, 9.17) is 4.42 Å². The Hall–Kier alpha value is -0.320. The Labute approximate surface area is 92.8 Å². The van der Waals surface area contributed by atoms with E-state index >= 15 is 0 Å².